The third kappa shape index (κ3) is 16.0. The number of hydrogen-bond donors (Lipinski definition) is 4. The summed E-state index contributed by atoms with van der Waals surface area (Å²) in [6.07, 6.45) is 2.05. The number of aliphatic hydroxyl groups excluding tert-OH is 4. The van der Waals surface area contributed by atoms with Gasteiger partial charge in [-0.2, -0.15) is 0 Å². The molecule has 4 unspecified atom stereocenters. The molecule has 246 valence electrons. The van der Waals surface area contributed by atoms with Crippen molar-refractivity contribution in [2.75, 3.05) is 28.4 Å². The molecule has 0 aromatic rings. The van der Waals surface area contributed by atoms with Crippen molar-refractivity contribution in [1.82, 2.24) is 0 Å². The van der Waals surface area contributed by atoms with Crippen molar-refractivity contribution < 1.29 is 97.5 Å². The first kappa shape index (κ1) is 42.9. The van der Waals surface area contributed by atoms with Crippen LogP contribution in [-0.4, -0.2) is 122 Å². The van der Waals surface area contributed by atoms with E-state index < -0.39 is 49.1 Å². The van der Waals surface area contributed by atoms with Gasteiger partial charge in [-0.15, -0.1) is 0 Å². The molecule has 42 heavy (non-hydrogen) atoms. The van der Waals surface area contributed by atoms with Crippen LogP contribution in [0.2, 0.25) is 0 Å². The van der Waals surface area contributed by atoms with Gasteiger partial charge in [-0.3, -0.25) is 19.2 Å². The van der Waals surface area contributed by atoms with Crippen LogP contribution in [0.25, 0.3) is 21.3 Å². The normalized spacial score (nSPS) is 30.7. The molecule has 4 aliphatic heterocycles. The van der Waals surface area contributed by atoms with Crippen molar-refractivity contribution in [2.45, 2.75) is 100 Å². The van der Waals surface area contributed by atoms with E-state index in [2.05, 4.69) is 40.2 Å². The topological polar surface area (TPSA) is 243 Å². The molecule has 4 saturated heterocycles. The maximum atomic E-state index is 10.7. The van der Waals surface area contributed by atoms with E-state index in [1.54, 1.807) is 0 Å². The first-order valence-electron chi connectivity index (χ1n) is 12.8. The van der Waals surface area contributed by atoms with Crippen LogP contribution >= 0.6 is 0 Å². The Morgan fingerprint density at radius 2 is 0.595 bits per heavy atom. The summed E-state index contributed by atoms with van der Waals surface area (Å²) in [5.41, 5.74) is 0. The van der Waals surface area contributed by atoms with Crippen molar-refractivity contribution >= 4 is 23.9 Å². The van der Waals surface area contributed by atoms with Crippen LogP contribution in [0, 0.1) is 0 Å². The van der Waals surface area contributed by atoms with Gasteiger partial charge in [-0.25, -0.2) is 0 Å². The summed E-state index contributed by atoms with van der Waals surface area (Å²) >= 11 is 0. The molecule has 18 heteroatoms. The van der Waals surface area contributed by atoms with E-state index in [1.165, 1.54) is 28.4 Å². The van der Waals surface area contributed by atoms with Gasteiger partial charge < -0.3 is 60.6 Å². The summed E-state index contributed by atoms with van der Waals surface area (Å²) in [7, 11) is 5.29. The minimum atomic E-state index is -0.663. The Labute approximate surface area is 270 Å². The van der Waals surface area contributed by atoms with Gasteiger partial charge in [-0.1, -0.05) is 25.7 Å². The van der Waals surface area contributed by atoms with Crippen molar-refractivity contribution in [2.24, 2.45) is 0 Å². The second-order valence-electron chi connectivity index (χ2n) is 8.98. The van der Waals surface area contributed by atoms with Crippen molar-refractivity contribution in [3.05, 3.63) is 21.3 Å². The average Bonchev–Trinajstić information content (AvgIpc) is 3.77. The fraction of sp³-hybridized carbons (Fsp3) is 0.833. The van der Waals surface area contributed by atoms with Crippen LogP contribution < -0.4 is 0 Å². The Bertz CT molecular complexity index is 687. The fourth-order valence-electron chi connectivity index (χ4n) is 3.91. The third-order valence-electron chi connectivity index (χ3n) is 6.09. The molecule has 2 radical (unpaired) electrons. The Morgan fingerprint density at radius 1 is 0.429 bits per heavy atom. The number of rotatable bonds is 4. The average molecular weight is 782 g/mol. The van der Waals surface area contributed by atoms with Crippen LogP contribution in [0.3, 0.4) is 0 Å². The summed E-state index contributed by atoms with van der Waals surface area (Å²) in [5.74, 6) is -1.40. The molecule has 4 rings (SSSR count). The summed E-state index contributed by atoms with van der Waals surface area (Å²) in [5, 5.41) is 50.4. The first-order chi connectivity index (χ1) is 18.9. The quantitative estimate of drug-likeness (QED) is 0.168. The summed E-state index contributed by atoms with van der Waals surface area (Å²) < 4.78 is 17.8. The predicted molar refractivity (Wildman–Crippen MR) is 138 cm³/mol. The number of nitrogens with zero attached hydrogens (tertiary/aromatic N) is 4. The Kier molecular flexibility index (Phi) is 23.7. The molecule has 0 aromatic heterocycles. The van der Waals surface area contributed by atoms with Gasteiger partial charge in [0.2, 0.25) is 0 Å². The zero-order chi connectivity index (χ0) is 30.2. The maximum absolute atomic E-state index is 10.7. The summed E-state index contributed by atoms with van der Waals surface area (Å²) in [4.78, 5) is 42.9. The van der Waals surface area contributed by atoms with Gasteiger partial charge in [0.1, 0.15) is 0 Å². The second kappa shape index (κ2) is 23.2. The first-order valence-corrected chi connectivity index (χ1v) is 12.8. The Morgan fingerprint density at radius 3 is 0.690 bits per heavy atom. The molecule has 4 fully saturated rings. The van der Waals surface area contributed by atoms with E-state index in [0.717, 1.165) is 0 Å². The molecule has 0 amide bonds. The van der Waals surface area contributed by atoms with Crippen LogP contribution in [0.4, 0.5) is 0 Å². The smallest absolute Gasteiger partial charge is 0.625 e. The predicted octanol–water partition coefficient (Wildman–Crippen LogP) is 0.0506. The van der Waals surface area contributed by atoms with Crippen molar-refractivity contribution in [3.63, 3.8) is 0 Å². The van der Waals surface area contributed by atoms with E-state index in [9.17, 15) is 19.2 Å². The number of carbonyl (C=O) groups is 4. The van der Waals surface area contributed by atoms with Crippen LogP contribution in [0.15, 0.2) is 0 Å². The number of esters is 4. The van der Waals surface area contributed by atoms with E-state index >= 15 is 0 Å². The van der Waals surface area contributed by atoms with Gasteiger partial charge in [0.15, 0.2) is 0 Å². The zero-order valence-corrected chi connectivity index (χ0v) is 27.1. The van der Waals surface area contributed by atoms with Crippen molar-refractivity contribution in [1.29, 1.82) is 0 Å². The number of aliphatic hydroxyl groups is 4. The van der Waals surface area contributed by atoms with E-state index in [1.807, 2.05) is 0 Å². The third-order valence-corrected chi connectivity index (χ3v) is 6.09. The standard InChI is InChI=1S/4C6H10NO3.2Rh/c4*1-10-6(9)4-2-3-5(8)7-4;;/h4*4-5,8H,2-3H2,1H3;;/q4*-1;2*+2/t4*4-,5?;;/m1100../s1. The van der Waals surface area contributed by atoms with Gasteiger partial charge in [0.25, 0.3) is 23.9 Å². The van der Waals surface area contributed by atoms with E-state index in [-0.39, 0.29) is 62.8 Å². The Hall–Kier alpha value is -1.19. The SMILES string of the molecule is COC(=O)[C@@H]1CCC(O)[N-]1.COC(=O)[C@@H]1CCC(O)[N-]1.COC(=O)[C@H]1CCC(O)[N-]1.COC(=O)[C@H]1CCC(O)[N-]1.[Rh+2].[Rh+2]. The van der Waals surface area contributed by atoms with Gasteiger partial charge in [0.05, 0.1) is 28.4 Å². The molecule has 0 aliphatic carbocycles. The molecule has 4 heterocycles. The molecule has 8 atom stereocenters. The molecular weight excluding hydrogens is 742 g/mol. The van der Waals surface area contributed by atoms with Crippen LogP contribution in [0.1, 0.15) is 51.4 Å². The number of hydrogen-bond acceptors (Lipinski definition) is 12. The molecule has 0 aromatic carbocycles. The Balaban J connectivity index is 0. The molecule has 4 aliphatic rings. The molecule has 16 nitrogen and oxygen atoms in total. The fourth-order valence-corrected chi connectivity index (χ4v) is 3.91. The molecule has 0 saturated carbocycles. The summed E-state index contributed by atoms with van der Waals surface area (Å²) in [6.45, 7) is 0. The van der Waals surface area contributed by atoms with E-state index in [4.69, 9.17) is 20.4 Å². The van der Waals surface area contributed by atoms with Gasteiger partial charge >= 0.3 is 39.0 Å². The van der Waals surface area contributed by atoms with Crippen LogP contribution in [-0.2, 0) is 77.1 Å². The maximum Gasteiger partial charge on any atom is 2.00 e. The van der Waals surface area contributed by atoms with Gasteiger partial charge in [-0.05, 0) is 74.8 Å². The molecular formula is C24H40N4O12Rh2. The minimum absolute atomic E-state index is 0. The number of ether oxygens (including phenoxy) is 4. The van der Waals surface area contributed by atoms with Crippen LogP contribution in [0.5, 0.6) is 0 Å². The molecule has 4 N–H and O–H groups in total. The largest absolute Gasteiger partial charge is 2.00 e. The minimum Gasteiger partial charge on any atom is -0.625 e. The molecule has 0 spiro atoms. The number of methoxy groups -OCH3 is 4. The number of carbonyl (C=O) groups excluding carboxylic acids is 4. The van der Waals surface area contributed by atoms with E-state index in [0.29, 0.717) is 51.4 Å². The van der Waals surface area contributed by atoms with Gasteiger partial charge in [0, 0.05) is 0 Å². The summed E-state index contributed by atoms with van der Waals surface area (Å²) in [6, 6.07) is -1.72. The zero-order valence-electron chi connectivity index (χ0n) is 23.8. The van der Waals surface area contributed by atoms with Crippen molar-refractivity contribution in [3.8, 4) is 0 Å². The monoisotopic (exact) mass is 782 g/mol. The second-order valence-corrected chi connectivity index (χ2v) is 8.98. The molecule has 0 bridgehead atoms.